The molecule has 0 fully saturated rings. The van der Waals surface area contributed by atoms with Gasteiger partial charge in [0.1, 0.15) is 6.61 Å². The van der Waals surface area contributed by atoms with E-state index >= 15 is 0 Å². The highest BCUT2D eigenvalue weighted by Crippen LogP contribution is 2.10. The fraction of sp³-hybridized carbons (Fsp3) is 0.500. The van der Waals surface area contributed by atoms with E-state index in [9.17, 15) is 13.2 Å². The molecule has 1 heterocycles. The van der Waals surface area contributed by atoms with Crippen LogP contribution in [0.2, 0.25) is 0 Å². The first kappa shape index (κ1) is 15.4. The number of rotatable bonds is 7. The molecule has 0 aromatic carbocycles. The van der Waals surface area contributed by atoms with E-state index in [0.717, 1.165) is 6.42 Å². The molecule has 0 aliphatic heterocycles. The highest BCUT2D eigenvalue weighted by atomic mass is 32.2. The van der Waals surface area contributed by atoms with E-state index in [1.54, 1.807) is 12.1 Å². The molecule has 1 N–H and O–H groups in total. The second-order valence-corrected chi connectivity index (χ2v) is 5.93. The van der Waals surface area contributed by atoms with Crippen molar-refractivity contribution >= 4 is 21.7 Å². The van der Waals surface area contributed by atoms with Crippen LogP contribution in [0, 0.1) is 0 Å². The minimum absolute atomic E-state index is 0.0815. The standard InChI is InChI=1S/C12H18N2O4S/c1-3-4-7-19(16,17)14-11-5-6-12(13-8-11)9-18-10(2)15/h5-6,8,14H,3-4,7,9H2,1-2H3. The molecule has 1 rings (SSSR count). The number of pyridine rings is 1. The zero-order chi connectivity index (χ0) is 14.3. The maximum absolute atomic E-state index is 11.7. The Kier molecular flexibility index (Phi) is 5.75. The number of sulfonamides is 1. The highest BCUT2D eigenvalue weighted by Gasteiger charge is 2.09. The Morgan fingerprint density at radius 1 is 1.42 bits per heavy atom. The van der Waals surface area contributed by atoms with Crippen molar-refractivity contribution < 1.29 is 17.9 Å². The third kappa shape index (κ3) is 6.19. The summed E-state index contributed by atoms with van der Waals surface area (Å²) >= 11 is 0. The van der Waals surface area contributed by atoms with Crippen molar-refractivity contribution in [2.75, 3.05) is 10.5 Å². The van der Waals surface area contributed by atoms with Gasteiger partial charge in [-0.1, -0.05) is 13.3 Å². The minimum atomic E-state index is -3.31. The third-order valence-electron chi connectivity index (χ3n) is 2.29. The quantitative estimate of drug-likeness (QED) is 0.771. The number of hydrogen-bond donors (Lipinski definition) is 1. The van der Waals surface area contributed by atoms with Crippen molar-refractivity contribution in [2.24, 2.45) is 0 Å². The lowest BCUT2D eigenvalue weighted by Gasteiger charge is -2.07. The summed E-state index contributed by atoms with van der Waals surface area (Å²) in [5.74, 6) is -0.287. The van der Waals surface area contributed by atoms with Gasteiger partial charge in [-0.2, -0.15) is 0 Å². The zero-order valence-electron chi connectivity index (χ0n) is 11.0. The average Bonchev–Trinajstić information content (AvgIpc) is 2.35. The monoisotopic (exact) mass is 286 g/mol. The van der Waals surface area contributed by atoms with Gasteiger partial charge in [-0.25, -0.2) is 8.42 Å². The molecular formula is C12H18N2O4S. The molecule has 7 heteroatoms. The van der Waals surface area contributed by atoms with Gasteiger partial charge in [0.05, 0.1) is 23.3 Å². The molecule has 0 atom stereocenters. The van der Waals surface area contributed by atoms with E-state index in [4.69, 9.17) is 4.74 Å². The van der Waals surface area contributed by atoms with Crippen LogP contribution in [0.15, 0.2) is 18.3 Å². The molecule has 0 unspecified atom stereocenters. The number of carbonyl (C=O) groups excluding carboxylic acids is 1. The number of nitrogens with zero attached hydrogens (tertiary/aromatic N) is 1. The fourth-order valence-corrected chi connectivity index (χ4v) is 2.56. The van der Waals surface area contributed by atoms with Crippen LogP contribution in [0.25, 0.3) is 0 Å². The normalized spacial score (nSPS) is 11.1. The summed E-state index contributed by atoms with van der Waals surface area (Å²) in [4.78, 5) is 14.6. The Morgan fingerprint density at radius 3 is 2.68 bits per heavy atom. The molecule has 6 nitrogen and oxygen atoms in total. The maximum Gasteiger partial charge on any atom is 0.303 e. The topological polar surface area (TPSA) is 85.4 Å². The average molecular weight is 286 g/mol. The summed E-state index contributed by atoms with van der Waals surface area (Å²) < 4.78 is 30.5. The summed E-state index contributed by atoms with van der Waals surface area (Å²) in [6, 6.07) is 3.20. The van der Waals surface area contributed by atoms with Crippen LogP contribution in [0.4, 0.5) is 5.69 Å². The highest BCUT2D eigenvalue weighted by molar-refractivity contribution is 7.92. The lowest BCUT2D eigenvalue weighted by molar-refractivity contribution is -0.142. The smallest absolute Gasteiger partial charge is 0.303 e. The van der Waals surface area contributed by atoms with Crippen LogP contribution in [-0.4, -0.2) is 25.1 Å². The zero-order valence-corrected chi connectivity index (χ0v) is 11.9. The summed E-state index contributed by atoms with van der Waals surface area (Å²) in [5, 5.41) is 0. The van der Waals surface area contributed by atoms with E-state index < -0.39 is 10.0 Å². The van der Waals surface area contributed by atoms with Gasteiger partial charge in [0, 0.05) is 6.92 Å². The molecule has 0 saturated heterocycles. The molecule has 0 aliphatic rings. The first-order valence-corrected chi connectivity index (χ1v) is 7.67. The molecule has 19 heavy (non-hydrogen) atoms. The number of unbranched alkanes of at least 4 members (excludes halogenated alkanes) is 1. The predicted octanol–water partition coefficient (Wildman–Crippen LogP) is 1.69. The number of ether oxygens (including phenoxy) is 1. The lowest BCUT2D eigenvalue weighted by Crippen LogP contribution is -2.16. The molecule has 0 amide bonds. The molecular weight excluding hydrogens is 268 g/mol. The molecule has 1 aromatic rings. The molecule has 0 bridgehead atoms. The van der Waals surface area contributed by atoms with Gasteiger partial charge in [-0.05, 0) is 18.6 Å². The SMILES string of the molecule is CCCCS(=O)(=O)Nc1ccc(COC(C)=O)nc1. The molecule has 0 saturated carbocycles. The number of esters is 1. The van der Waals surface area contributed by atoms with Gasteiger partial charge < -0.3 is 4.74 Å². The van der Waals surface area contributed by atoms with Crippen molar-refractivity contribution in [3.05, 3.63) is 24.0 Å². The second kappa shape index (κ2) is 7.08. The summed E-state index contributed by atoms with van der Waals surface area (Å²) in [6.07, 6.45) is 2.84. The minimum Gasteiger partial charge on any atom is -0.459 e. The maximum atomic E-state index is 11.7. The summed E-state index contributed by atoms with van der Waals surface area (Å²) in [5.41, 5.74) is 0.967. The van der Waals surface area contributed by atoms with Crippen LogP contribution >= 0.6 is 0 Å². The molecule has 0 aliphatic carbocycles. The van der Waals surface area contributed by atoms with E-state index in [-0.39, 0.29) is 18.3 Å². The summed E-state index contributed by atoms with van der Waals surface area (Å²) in [6.45, 7) is 3.33. The lowest BCUT2D eigenvalue weighted by atomic mass is 10.3. The van der Waals surface area contributed by atoms with Gasteiger partial charge in [0.15, 0.2) is 0 Å². The van der Waals surface area contributed by atoms with Crippen molar-refractivity contribution in [1.29, 1.82) is 0 Å². The molecule has 106 valence electrons. The van der Waals surface area contributed by atoms with Crippen LogP contribution in [0.5, 0.6) is 0 Å². The Bertz CT molecular complexity index is 511. The van der Waals surface area contributed by atoms with Crippen LogP contribution in [0.1, 0.15) is 32.4 Å². The number of hydrogen-bond acceptors (Lipinski definition) is 5. The van der Waals surface area contributed by atoms with E-state index in [0.29, 0.717) is 17.8 Å². The van der Waals surface area contributed by atoms with Gasteiger partial charge in [0.25, 0.3) is 0 Å². The largest absolute Gasteiger partial charge is 0.459 e. The van der Waals surface area contributed by atoms with Gasteiger partial charge in [-0.15, -0.1) is 0 Å². The van der Waals surface area contributed by atoms with E-state index in [2.05, 4.69) is 9.71 Å². The van der Waals surface area contributed by atoms with Gasteiger partial charge in [0.2, 0.25) is 10.0 Å². The van der Waals surface area contributed by atoms with Crippen molar-refractivity contribution in [1.82, 2.24) is 4.98 Å². The van der Waals surface area contributed by atoms with Crippen LogP contribution < -0.4 is 4.72 Å². The van der Waals surface area contributed by atoms with E-state index in [1.165, 1.54) is 13.1 Å². The Labute approximate surface area is 113 Å². The Hall–Kier alpha value is -1.63. The van der Waals surface area contributed by atoms with E-state index in [1.807, 2.05) is 6.92 Å². The Balaban J connectivity index is 2.59. The van der Waals surface area contributed by atoms with Crippen LogP contribution in [0.3, 0.4) is 0 Å². The number of carbonyl (C=O) groups is 1. The second-order valence-electron chi connectivity index (χ2n) is 4.09. The van der Waals surface area contributed by atoms with Gasteiger partial charge >= 0.3 is 5.97 Å². The number of aromatic nitrogens is 1. The summed E-state index contributed by atoms with van der Waals surface area (Å²) in [7, 11) is -3.31. The first-order chi connectivity index (χ1) is 8.93. The number of anilines is 1. The fourth-order valence-electron chi connectivity index (χ4n) is 1.31. The molecule has 1 aromatic heterocycles. The van der Waals surface area contributed by atoms with Crippen molar-refractivity contribution in [3.63, 3.8) is 0 Å². The third-order valence-corrected chi connectivity index (χ3v) is 3.66. The predicted molar refractivity (Wildman–Crippen MR) is 72.0 cm³/mol. The Morgan fingerprint density at radius 2 is 2.16 bits per heavy atom. The number of nitrogens with one attached hydrogen (secondary N) is 1. The van der Waals surface area contributed by atoms with Crippen molar-refractivity contribution in [2.45, 2.75) is 33.3 Å². The van der Waals surface area contributed by atoms with Gasteiger partial charge in [-0.3, -0.25) is 14.5 Å². The van der Waals surface area contributed by atoms with Crippen molar-refractivity contribution in [3.8, 4) is 0 Å². The molecule has 0 radical (unpaired) electrons. The van der Waals surface area contributed by atoms with Crippen LogP contribution in [-0.2, 0) is 26.2 Å². The first-order valence-electron chi connectivity index (χ1n) is 6.01. The molecule has 0 spiro atoms.